The predicted octanol–water partition coefficient (Wildman–Crippen LogP) is -5.27. The molecule has 0 amide bonds. The first kappa shape index (κ1) is 18.6. The molecular formula is C10H23NO8. The summed E-state index contributed by atoms with van der Waals surface area (Å²) in [5, 5.41) is 75.6. The van der Waals surface area contributed by atoms with E-state index in [9.17, 15) is 15.3 Å². The zero-order valence-corrected chi connectivity index (χ0v) is 10.4. The van der Waals surface area contributed by atoms with Gasteiger partial charge in [-0.05, 0) is 0 Å². The van der Waals surface area contributed by atoms with E-state index in [4.69, 9.17) is 25.5 Å². The Hall–Kier alpha value is -0.360. The smallest absolute Gasteiger partial charge is 0.111 e. The molecule has 0 aliphatic carbocycles. The number of hydrogen-bond acceptors (Lipinski definition) is 9. The molecule has 0 aromatic heterocycles. The van der Waals surface area contributed by atoms with Gasteiger partial charge in [0.05, 0.1) is 38.1 Å². The number of β-amino-alcohol motifs (C(OH)–C–C–N with tert-alkyl or cyclic N) is 1. The minimum atomic E-state index is -1.76. The average molecular weight is 285 g/mol. The van der Waals surface area contributed by atoms with Crippen LogP contribution in [0.25, 0.3) is 0 Å². The quantitative estimate of drug-likeness (QED) is 0.190. The van der Waals surface area contributed by atoms with Crippen molar-refractivity contribution in [2.45, 2.75) is 30.0 Å². The molecule has 0 aliphatic heterocycles. The van der Waals surface area contributed by atoms with Gasteiger partial charge < -0.3 is 46.2 Å². The van der Waals surface area contributed by atoms with Crippen molar-refractivity contribution >= 4 is 0 Å². The normalized spacial score (nSPS) is 18.9. The lowest BCUT2D eigenvalue weighted by atomic mass is 10.00. The average Bonchev–Trinajstić information content (AvgIpc) is 2.46. The van der Waals surface area contributed by atoms with Crippen molar-refractivity contribution in [3.8, 4) is 0 Å². The molecule has 0 fully saturated rings. The second kappa shape index (κ2) is 8.74. The molecule has 116 valence electrons. The van der Waals surface area contributed by atoms with E-state index < -0.39 is 56.4 Å². The zero-order chi connectivity index (χ0) is 15.1. The van der Waals surface area contributed by atoms with Gasteiger partial charge in [-0.15, -0.1) is 0 Å². The summed E-state index contributed by atoms with van der Waals surface area (Å²) in [5.41, 5.74) is -1.43. The first-order valence-corrected chi connectivity index (χ1v) is 5.78. The van der Waals surface area contributed by atoms with E-state index in [1.807, 2.05) is 0 Å². The van der Waals surface area contributed by atoms with E-state index >= 15 is 0 Å². The Morgan fingerprint density at radius 2 is 1.16 bits per heavy atom. The second-order valence-corrected chi connectivity index (χ2v) is 4.43. The summed E-state index contributed by atoms with van der Waals surface area (Å²) in [6.07, 6.45) is -6.65. The van der Waals surface area contributed by atoms with E-state index in [0.717, 1.165) is 0 Å². The van der Waals surface area contributed by atoms with Crippen LogP contribution in [0, 0.1) is 0 Å². The SMILES string of the molecule is OC[C@@H](O)[C@@H](O)[C@@H](O)[C@H](O)CNC(CO)(CO)CO. The molecule has 0 radical (unpaired) electrons. The highest BCUT2D eigenvalue weighted by Gasteiger charge is 2.33. The number of aliphatic hydroxyl groups is 8. The molecular weight excluding hydrogens is 262 g/mol. The van der Waals surface area contributed by atoms with Gasteiger partial charge in [0, 0.05) is 6.54 Å². The van der Waals surface area contributed by atoms with Crippen LogP contribution < -0.4 is 5.32 Å². The summed E-state index contributed by atoms with van der Waals surface area (Å²) in [5.74, 6) is 0. The number of rotatable bonds is 10. The lowest BCUT2D eigenvalue weighted by Gasteiger charge is -2.32. The van der Waals surface area contributed by atoms with Gasteiger partial charge in [0.15, 0.2) is 0 Å². The van der Waals surface area contributed by atoms with Crippen molar-refractivity contribution in [3.63, 3.8) is 0 Å². The standard InChI is InChI=1S/C10H23NO8/c12-2-7(17)9(19)8(18)6(16)1-11-10(3-13,4-14)5-15/h6-9,11-19H,1-5H2/t6-,7-,8+,9-/m1/s1. The largest absolute Gasteiger partial charge is 0.394 e. The van der Waals surface area contributed by atoms with Crippen LogP contribution in [0.4, 0.5) is 0 Å². The Labute approximate surface area is 110 Å². The maximum Gasteiger partial charge on any atom is 0.111 e. The van der Waals surface area contributed by atoms with Crippen molar-refractivity contribution in [2.24, 2.45) is 0 Å². The maximum absolute atomic E-state index is 9.57. The molecule has 19 heavy (non-hydrogen) atoms. The van der Waals surface area contributed by atoms with Crippen LogP contribution in [0.1, 0.15) is 0 Å². The maximum atomic E-state index is 9.57. The molecule has 0 aromatic carbocycles. The lowest BCUT2D eigenvalue weighted by molar-refractivity contribution is -0.116. The molecule has 0 saturated carbocycles. The van der Waals surface area contributed by atoms with Gasteiger partial charge in [-0.2, -0.15) is 0 Å². The Bertz CT molecular complexity index is 229. The molecule has 0 spiro atoms. The van der Waals surface area contributed by atoms with Crippen LogP contribution in [0.2, 0.25) is 0 Å². The first-order chi connectivity index (χ1) is 8.87. The first-order valence-electron chi connectivity index (χ1n) is 5.78. The van der Waals surface area contributed by atoms with Crippen LogP contribution >= 0.6 is 0 Å². The van der Waals surface area contributed by atoms with E-state index in [1.165, 1.54) is 0 Å². The van der Waals surface area contributed by atoms with E-state index in [-0.39, 0.29) is 6.54 Å². The highest BCUT2D eigenvalue weighted by molar-refractivity contribution is 4.89. The predicted molar refractivity (Wildman–Crippen MR) is 63.1 cm³/mol. The van der Waals surface area contributed by atoms with E-state index in [2.05, 4.69) is 5.32 Å². The monoisotopic (exact) mass is 285 g/mol. The zero-order valence-electron chi connectivity index (χ0n) is 10.4. The van der Waals surface area contributed by atoms with Gasteiger partial charge in [0.2, 0.25) is 0 Å². The van der Waals surface area contributed by atoms with E-state index in [0.29, 0.717) is 0 Å². The molecule has 0 aliphatic rings. The molecule has 9 heteroatoms. The summed E-state index contributed by atoms with van der Waals surface area (Å²) in [6.45, 7) is -2.97. The van der Waals surface area contributed by atoms with Crippen LogP contribution in [-0.4, -0.2) is 104 Å². The fourth-order valence-electron chi connectivity index (χ4n) is 1.32. The van der Waals surface area contributed by atoms with Gasteiger partial charge in [0.25, 0.3) is 0 Å². The third-order valence-corrected chi connectivity index (χ3v) is 2.92. The van der Waals surface area contributed by atoms with Crippen molar-refractivity contribution in [1.82, 2.24) is 5.32 Å². The van der Waals surface area contributed by atoms with Crippen LogP contribution in [0.3, 0.4) is 0 Å². The minimum absolute atomic E-state index is 0.363. The van der Waals surface area contributed by atoms with Crippen molar-refractivity contribution in [2.75, 3.05) is 33.0 Å². The molecule has 0 unspecified atom stereocenters. The number of hydrogen-bond donors (Lipinski definition) is 9. The molecule has 9 nitrogen and oxygen atoms in total. The van der Waals surface area contributed by atoms with Gasteiger partial charge in [-0.3, -0.25) is 0 Å². The van der Waals surface area contributed by atoms with Crippen molar-refractivity contribution in [3.05, 3.63) is 0 Å². The van der Waals surface area contributed by atoms with Gasteiger partial charge in [-0.25, -0.2) is 0 Å². The summed E-state index contributed by atoms with van der Waals surface area (Å²) < 4.78 is 0. The third kappa shape index (κ3) is 5.26. The summed E-state index contributed by atoms with van der Waals surface area (Å²) >= 11 is 0. The van der Waals surface area contributed by atoms with Crippen LogP contribution in [0.15, 0.2) is 0 Å². The fourth-order valence-corrected chi connectivity index (χ4v) is 1.32. The molecule has 9 N–H and O–H groups in total. The molecule has 4 atom stereocenters. The Balaban J connectivity index is 4.40. The summed E-state index contributed by atoms with van der Waals surface area (Å²) in [6, 6.07) is 0. The number of nitrogens with one attached hydrogen (secondary N) is 1. The minimum Gasteiger partial charge on any atom is -0.394 e. The van der Waals surface area contributed by atoms with Gasteiger partial charge in [0.1, 0.15) is 18.3 Å². The fraction of sp³-hybridized carbons (Fsp3) is 1.00. The van der Waals surface area contributed by atoms with Crippen LogP contribution in [0.5, 0.6) is 0 Å². The topological polar surface area (TPSA) is 174 Å². The van der Waals surface area contributed by atoms with Crippen LogP contribution in [-0.2, 0) is 0 Å². The second-order valence-electron chi connectivity index (χ2n) is 4.43. The van der Waals surface area contributed by atoms with E-state index in [1.54, 1.807) is 0 Å². The van der Waals surface area contributed by atoms with Gasteiger partial charge in [-0.1, -0.05) is 0 Å². The Morgan fingerprint density at radius 1 is 0.737 bits per heavy atom. The third-order valence-electron chi connectivity index (χ3n) is 2.92. The molecule has 0 bridgehead atoms. The molecule has 0 rings (SSSR count). The molecule has 0 saturated heterocycles. The molecule has 0 heterocycles. The lowest BCUT2D eigenvalue weighted by Crippen LogP contribution is -2.59. The highest BCUT2D eigenvalue weighted by atomic mass is 16.4. The van der Waals surface area contributed by atoms with Crippen molar-refractivity contribution < 1.29 is 40.9 Å². The Morgan fingerprint density at radius 3 is 1.53 bits per heavy atom. The number of aliphatic hydroxyl groups excluding tert-OH is 8. The van der Waals surface area contributed by atoms with Gasteiger partial charge >= 0.3 is 0 Å². The molecule has 0 aromatic rings. The highest BCUT2D eigenvalue weighted by Crippen LogP contribution is 2.07. The summed E-state index contributed by atoms with van der Waals surface area (Å²) in [7, 11) is 0. The van der Waals surface area contributed by atoms with Crippen molar-refractivity contribution in [1.29, 1.82) is 0 Å². The summed E-state index contributed by atoms with van der Waals surface area (Å²) in [4.78, 5) is 0. The Kier molecular flexibility index (Phi) is 8.57.